The van der Waals surface area contributed by atoms with Gasteiger partial charge in [0.2, 0.25) is 5.91 Å². The number of piperidine rings is 1. The van der Waals surface area contributed by atoms with Crippen LogP contribution in [0.4, 0.5) is 16.0 Å². The lowest BCUT2D eigenvalue weighted by Crippen LogP contribution is -2.43. The lowest BCUT2D eigenvalue weighted by Gasteiger charge is -2.34. The Balaban J connectivity index is 1.47. The molecule has 4 rings (SSSR count). The standard InChI is InChI=1S/C24H31ClFN5O2/c1-15-3-4-17(14-31(15)2)24(32)30-22-11-18(19(25)13-27-22)21-6-5-20(26)23(29-21)28-12-16-7-9-33-10-8-16/h5-6,11,13,15-17H,3-4,7-10,12,14H2,1-2H3,(H,28,29)(H,27,30,32)/t15-,17-/m1/s1. The summed E-state index contributed by atoms with van der Waals surface area (Å²) >= 11 is 6.39. The fraction of sp³-hybridized carbons (Fsp3) is 0.542. The summed E-state index contributed by atoms with van der Waals surface area (Å²) in [5.41, 5.74) is 1.10. The third-order valence-electron chi connectivity index (χ3n) is 6.69. The van der Waals surface area contributed by atoms with E-state index in [9.17, 15) is 9.18 Å². The van der Waals surface area contributed by atoms with Gasteiger partial charge in [-0.15, -0.1) is 0 Å². The third-order valence-corrected chi connectivity index (χ3v) is 6.99. The van der Waals surface area contributed by atoms with E-state index in [4.69, 9.17) is 16.3 Å². The molecule has 0 radical (unpaired) electrons. The minimum atomic E-state index is -0.417. The van der Waals surface area contributed by atoms with Crippen molar-refractivity contribution >= 4 is 29.1 Å². The Morgan fingerprint density at radius 1 is 1.27 bits per heavy atom. The van der Waals surface area contributed by atoms with Crippen molar-refractivity contribution in [2.45, 2.75) is 38.6 Å². The molecule has 2 saturated heterocycles. The zero-order chi connectivity index (χ0) is 23.4. The van der Waals surface area contributed by atoms with Gasteiger partial charge in [0.15, 0.2) is 11.6 Å². The molecular weight excluding hydrogens is 445 g/mol. The Morgan fingerprint density at radius 2 is 2.06 bits per heavy atom. The molecule has 0 saturated carbocycles. The first-order valence-electron chi connectivity index (χ1n) is 11.6. The van der Waals surface area contributed by atoms with Crippen LogP contribution >= 0.6 is 11.6 Å². The summed E-state index contributed by atoms with van der Waals surface area (Å²) in [7, 11) is 2.04. The van der Waals surface area contributed by atoms with E-state index in [1.165, 1.54) is 12.3 Å². The number of amides is 1. The van der Waals surface area contributed by atoms with Crippen molar-refractivity contribution in [3.63, 3.8) is 0 Å². The normalized spacial score (nSPS) is 22.2. The monoisotopic (exact) mass is 475 g/mol. The Labute approximate surface area is 199 Å². The van der Waals surface area contributed by atoms with Gasteiger partial charge in [0.05, 0.1) is 16.6 Å². The quantitative estimate of drug-likeness (QED) is 0.642. The van der Waals surface area contributed by atoms with Crippen molar-refractivity contribution in [2.75, 3.05) is 44.0 Å². The van der Waals surface area contributed by atoms with E-state index in [-0.39, 0.29) is 17.6 Å². The first-order chi connectivity index (χ1) is 15.9. The van der Waals surface area contributed by atoms with Crippen molar-refractivity contribution in [3.8, 4) is 11.3 Å². The van der Waals surface area contributed by atoms with Gasteiger partial charge in [0.25, 0.3) is 0 Å². The second-order valence-electron chi connectivity index (χ2n) is 9.07. The third kappa shape index (κ3) is 5.99. The molecule has 2 aliphatic heterocycles. The number of hydrogen-bond donors (Lipinski definition) is 2. The van der Waals surface area contributed by atoms with E-state index < -0.39 is 5.82 Å². The number of nitrogens with zero attached hydrogens (tertiary/aromatic N) is 3. The summed E-state index contributed by atoms with van der Waals surface area (Å²) in [6, 6.07) is 5.13. The highest BCUT2D eigenvalue weighted by Crippen LogP contribution is 2.30. The van der Waals surface area contributed by atoms with Crippen molar-refractivity contribution in [2.24, 2.45) is 11.8 Å². The number of ether oxygens (including phenoxy) is 1. The molecular formula is C24H31ClFN5O2. The molecule has 2 aromatic rings. The molecule has 1 amide bonds. The van der Waals surface area contributed by atoms with Crippen molar-refractivity contribution in [3.05, 3.63) is 35.2 Å². The summed E-state index contributed by atoms with van der Waals surface area (Å²) in [6.45, 7) is 4.99. The number of aromatic nitrogens is 2. The molecule has 0 spiro atoms. The summed E-state index contributed by atoms with van der Waals surface area (Å²) in [6.07, 6.45) is 5.21. The van der Waals surface area contributed by atoms with E-state index >= 15 is 0 Å². The van der Waals surface area contributed by atoms with E-state index in [1.807, 2.05) is 7.05 Å². The van der Waals surface area contributed by atoms with Gasteiger partial charge in [-0.1, -0.05) is 11.6 Å². The van der Waals surface area contributed by atoms with E-state index in [2.05, 4.69) is 32.4 Å². The van der Waals surface area contributed by atoms with Crippen LogP contribution in [-0.2, 0) is 9.53 Å². The highest BCUT2D eigenvalue weighted by molar-refractivity contribution is 6.33. The Hall–Kier alpha value is -2.29. The molecule has 9 heteroatoms. The first-order valence-corrected chi connectivity index (χ1v) is 11.9. The largest absolute Gasteiger partial charge is 0.381 e. The van der Waals surface area contributed by atoms with Crippen LogP contribution < -0.4 is 10.6 Å². The van der Waals surface area contributed by atoms with Gasteiger partial charge in [-0.3, -0.25) is 4.79 Å². The maximum Gasteiger partial charge on any atom is 0.229 e. The number of anilines is 2. The predicted molar refractivity (Wildman–Crippen MR) is 128 cm³/mol. The zero-order valence-electron chi connectivity index (χ0n) is 19.1. The molecule has 33 heavy (non-hydrogen) atoms. The molecule has 2 aliphatic rings. The minimum Gasteiger partial charge on any atom is -0.381 e. The maximum absolute atomic E-state index is 14.4. The van der Waals surface area contributed by atoms with Crippen LogP contribution in [0.3, 0.4) is 0 Å². The molecule has 0 unspecified atom stereocenters. The molecule has 7 nitrogen and oxygen atoms in total. The number of carbonyl (C=O) groups excluding carboxylic acids is 1. The summed E-state index contributed by atoms with van der Waals surface area (Å²) < 4.78 is 19.8. The van der Waals surface area contributed by atoms with E-state index in [1.54, 1.807) is 12.1 Å². The zero-order valence-corrected chi connectivity index (χ0v) is 19.9. The van der Waals surface area contributed by atoms with Crippen LogP contribution in [0.2, 0.25) is 5.02 Å². The van der Waals surface area contributed by atoms with Crippen LogP contribution in [0.15, 0.2) is 24.4 Å². The lowest BCUT2D eigenvalue weighted by atomic mass is 9.93. The van der Waals surface area contributed by atoms with Gasteiger partial charge in [0.1, 0.15) is 5.82 Å². The van der Waals surface area contributed by atoms with Gasteiger partial charge in [-0.2, -0.15) is 0 Å². The molecule has 2 fully saturated rings. The van der Waals surface area contributed by atoms with Gasteiger partial charge < -0.3 is 20.3 Å². The lowest BCUT2D eigenvalue weighted by molar-refractivity contribution is -0.121. The van der Waals surface area contributed by atoms with Crippen LogP contribution in [0.25, 0.3) is 11.3 Å². The number of likely N-dealkylation sites (tertiary alicyclic amines) is 1. The van der Waals surface area contributed by atoms with Crippen LogP contribution in [0.5, 0.6) is 0 Å². The number of halogens is 2. The van der Waals surface area contributed by atoms with Crippen molar-refractivity contribution in [1.82, 2.24) is 14.9 Å². The van der Waals surface area contributed by atoms with Gasteiger partial charge in [-0.05, 0) is 63.8 Å². The van der Waals surface area contributed by atoms with Crippen molar-refractivity contribution in [1.29, 1.82) is 0 Å². The number of nitrogens with one attached hydrogen (secondary N) is 2. The molecule has 2 atom stereocenters. The van der Waals surface area contributed by atoms with Gasteiger partial charge in [-0.25, -0.2) is 14.4 Å². The maximum atomic E-state index is 14.4. The van der Waals surface area contributed by atoms with Crippen LogP contribution in [0, 0.1) is 17.7 Å². The second-order valence-corrected chi connectivity index (χ2v) is 9.47. The Bertz CT molecular complexity index is 985. The molecule has 4 heterocycles. The molecule has 2 N–H and O–H groups in total. The number of pyridine rings is 2. The van der Waals surface area contributed by atoms with E-state index in [0.717, 1.165) is 45.4 Å². The number of carbonyl (C=O) groups is 1. The minimum absolute atomic E-state index is 0.0552. The highest BCUT2D eigenvalue weighted by atomic mass is 35.5. The Kier molecular flexibility index (Phi) is 7.78. The number of rotatable bonds is 6. The van der Waals surface area contributed by atoms with Crippen LogP contribution in [-0.4, -0.2) is 60.2 Å². The SMILES string of the molecule is C[C@@H]1CC[C@@H](C(=O)Nc2cc(-c3ccc(F)c(NCC4CCOCC4)n3)c(Cl)cn2)CN1C. The summed E-state index contributed by atoms with van der Waals surface area (Å²) in [4.78, 5) is 23.7. The molecule has 2 aromatic heterocycles. The van der Waals surface area contributed by atoms with Crippen molar-refractivity contribution < 1.29 is 13.9 Å². The summed E-state index contributed by atoms with van der Waals surface area (Å²) in [5, 5.41) is 6.43. The van der Waals surface area contributed by atoms with Gasteiger partial charge >= 0.3 is 0 Å². The summed E-state index contributed by atoms with van der Waals surface area (Å²) in [5.74, 6) is 0.467. The smallest absolute Gasteiger partial charge is 0.229 e. The average molecular weight is 476 g/mol. The fourth-order valence-electron chi connectivity index (χ4n) is 4.33. The van der Waals surface area contributed by atoms with Crippen LogP contribution in [0.1, 0.15) is 32.6 Å². The van der Waals surface area contributed by atoms with Gasteiger partial charge in [0, 0.05) is 44.1 Å². The second kappa shape index (κ2) is 10.8. The topological polar surface area (TPSA) is 79.4 Å². The average Bonchev–Trinajstić information content (AvgIpc) is 2.82. The molecule has 178 valence electrons. The van der Waals surface area contributed by atoms with E-state index in [0.29, 0.717) is 40.6 Å². The first kappa shape index (κ1) is 23.9. The molecule has 0 aliphatic carbocycles. The molecule has 0 bridgehead atoms. The molecule has 0 aromatic carbocycles. The Morgan fingerprint density at radius 3 is 2.82 bits per heavy atom. The predicted octanol–water partition coefficient (Wildman–Crippen LogP) is 4.44. The highest BCUT2D eigenvalue weighted by Gasteiger charge is 2.28. The number of hydrogen-bond acceptors (Lipinski definition) is 6. The fourth-order valence-corrected chi connectivity index (χ4v) is 4.54.